The van der Waals surface area contributed by atoms with Crippen LogP contribution in [0.5, 0.6) is 5.75 Å². The summed E-state index contributed by atoms with van der Waals surface area (Å²) in [6.45, 7) is 5.71. The number of hydrogen-bond donors (Lipinski definition) is 3. The molecule has 0 aliphatic rings. The van der Waals surface area contributed by atoms with Gasteiger partial charge in [-0.2, -0.15) is 0 Å². The lowest BCUT2D eigenvalue weighted by atomic mass is 10.1. The number of benzene rings is 4. The second kappa shape index (κ2) is 16.6. The fourth-order valence-electron chi connectivity index (χ4n) is 4.76. The highest BCUT2D eigenvalue weighted by atomic mass is 32.2. The fraction of sp³-hybridized carbons (Fsp3) is 0.278. The van der Waals surface area contributed by atoms with E-state index in [1.165, 1.54) is 12.1 Å². The summed E-state index contributed by atoms with van der Waals surface area (Å²) in [6.07, 6.45) is 0.425. The van der Waals surface area contributed by atoms with Gasteiger partial charge in [0.1, 0.15) is 29.7 Å². The van der Waals surface area contributed by atoms with Crippen LogP contribution in [0.3, 0.4) is 0 Å². The second-order valence-electron chi connectivity index (χ2n) is 12.2. The van der Waals surface area contributed by atoms with Gasteiger partial charge < -0.3 is 20.1 Å². The molecule has 0 bridgehead atoms. The summed E-state index contributed by atoms with van der Waals surface area (Å²) in [5, 5.41) is 17.3. The second-order valence-corrected chi connectivity index (χ2v) is 13.9. The van der Waals surface area contributed by atoms with Crippen LogP contribution in [0, 0.1) is 10.1 Å². The van der Waals surface area contributed by atoms with Crippen molar-refractivity contribution in [2.45, 2.75) is 63.2 Å². The Balaban J connectivity index is 1.45. The Morgan fingerprint density at radius 2 is 1.49 bits per heavy atom. The minimum Gasteiger partial charge on any atom is -0.489 e. The average Bonchev–Trinajstić information content (AvgIpc) is 3.06. The Morgan fingerprint density at radius 3 is 2.10 bits per heavy atom. The summed E-state index contributed by atoms with van der Waals surface area (Å²) in [6, 6.07) is 28.1. The van der Waals surface area contributed by atoms with Crippen molar-refractivity contribution in [1.82, 2.24) is 10.0 Å². The van der Waals surface area contributed by atoms with Crippen molar-refractivity contribution in [3.8, 4) is 5.75 Å². The topological polar surface area (TPSA) is 166 Å². The molecule has 0 spiro atoms. The van der Waals surface area contributed by atoms with Gasteiger partial charge in [0.25, 0.3) is 21.6 Å². The lowest BCUT2D eigenvalue weighted by Crippen LogP contribution is -2.50. The van der Waals surface area contributed by atoms with Crippen LogP contribution in [0.4, 0.5) is 16.2 Å². The van der Waals surface area contributed by atoms with Crippen LogP contribution < -0.4 is 20.1 Å². The van der Waals surface area contributed by atoms with Crippen molar-refractivity contribution in [2.75, 3.05) is 11.9 Å². The predicted octanol–water partition coefficient (Wildman–Crippen LogP) is 6.16. The Kier molecular flexibility index (Phi) is 12.3. The first kappa shape index (κ1) is 36.4. The first-order chi connectivity index (χ1) is 23.3. The molecule has 13 heteroatoms. The Labute approximate surface area is 286 Å². The van der Waals surface area contributed by atoms with E-state index in [4.69, 9.17) is 9.47 Å². The average molecular weight is 689 g/mol. The first-order valence-corrected chi connectivity index (χ1v) is 17.2. The quantitative estimate of drug-likeness (QED) is 0.0753. The summed E-state index contributed by atoms with van der Waals surface area (Å²) < 4.78 is 39.7. The number of ether oxygens (including phenoxy) is 2. The monoisotopic (exact) mass is 688 g/mol. The number of nitrogens with one attached hydrogen (secondary N) is 3. The lowest BCUT2D eigenvalue weighted by molar-refractivity contribution is -0.384. The van der Waals surface area contributed by atoms with Crippen molar-refractivity contribution in [2.24, 2.45) is 0 Å². The zero-order valence-electron chi connectivity index (χ0n) is 27.5. The fourth-order valence-corrected chi connectivity index (χ4v) is 5.80. The molecule has 0 aliphatic heterocycles. The molecule has 0 saturated heterocycles. The number of nitro benzene ring substituents is 1. The summed E-state index contributed by atoms with van der Waals surface area (Å²) in [5.74, 6) is -0.479. The molecule has 49 heavy (non-hydrogen) atoms. The maximum Gasteiger partial charge on any atom is 0.408 e. The van der Waals surface area contributed by atoms with E-state index in [9.17, 15) is 28.1 Å². The molecule has 4 rings (SSSR count). The van der Waals surface area contributed by atoms with Crippen molar-refractivity contribution in [3.63, 3.8) is 0 Å². The molecular formula is C36H40N4O8S. The molecule has 0 aromatic heterocycles. The number of nitrogens with zero attached hydrogens (tertiary/aromatic N) is 1. The van der Waals surface area contributed by atoms with Crippen LogP contribution in [0.15, 0.2) is 108 Å². The predicted molar refractivity (Wildman–Crippen MR) is 186 cm³/mol. The number of alkyl carbamates (subject to hydrolysis) is 1. The zero-order valence-corrected chi connectivity index (χ0v) is 28.4. The molecule has 4 aromatic rings. The molecule has 0 radical (unpaired) electrons. The molecule has 1 atom stereocenters. The van der Waals surface area contributed by atoms with E-state index in [-0.39, 0.29) is 12.1 Å². The van der Waals surface area contributed by atoms with Crippen LogP contribution in [0.2, 0.25) is 0 Å². The molecular weight excluding hydrogens is 648 g/mol. The highest BCUT2D eigenvalue weighted by molar-refractivity contribution is 7.90. The maximum absolute atomic E-state index is 13.4. The van der Waals surface area contributed by atoms with E-state index in [2.05, 4.69) is 10.6 Å². The summed E-state index contributed by atoms with van der Waals surface area (Å²) >= 11 is 0. The molecule has 12 nitrogen and oxygen atoms in total. The van der Waals surface area contributed by atoms with Gasteiger partial charge in [0.2, 0.25) is 0 Å². The number of rotatable bonds is 15. The van der Waals surface area contributed by atoms with E-state index in [1.807, 2.05) is 65.4 Å². The number of hydrogen-bond acceptors (Lipinski definition) is 9. The number of carbonyl (C=O) groups is 2. The van der Waals surface area contributed by atoms with E-state index < -0.39 is 49.2 Å². The van der Waals surface area contributed by atoms with Crippen LogP contribution in [0.1, 0.15) is 43.9 Å². The van der Waals surface area contributed by atoms with Gasteiger partial charge in [-0.05, 0) is 74.6 Å². The third-order valence-electron chi connectivity index (χ3n) is 7.13. The molecule has 2 amide bonds. The maximum atomic E-state index is 13.4. The van der Waals surface area contributed by atoms with Gasteiger partial charge in [0.15, 0.2) is 0 Å². The summed E-state index contributed by atoms with van der Waals surface area (Å²) in [7, 11) is -4.59. The Bertz CT molecular complexity index is 1830. The van der Waals surface area contributed by atoms with Crippen molar-refractivity contribution in [3.05, 3.63) is 130 Å². The molecule has 0 aliphatic carbocycles. The van der Waals surface area contributed by atoms with Gasteiger partial charge in [-0.3, -0.25) is 14.9 Å². The molecule has 0 heterocycles. The SMILES string of the molecule is CC(C)(C)OC(=O)NC(Cc1ccc(OCc2ccccc2)cc1)C(=O)NS(=O)(=O)c1ccc(NCCCc2ccccc2)c([N+](=O)[O-])c1. The number of amides is 2. The van der Waals surface area contributed by atoms with Crippen molar-refractivity contribution >= 4 is 33.4 Å². The highest BCUT2D eigenvalue weighted by Gasteiger charge is 2.30. The zero-order chi connectivity index (χ0) is 35.4. The van der Waals surface area contributed by atoms with Crippen molar-refractivity contribution in [1.29, 1.82) is 0 Å². The highest BCUT2D eigenvalue weighted by Crippen LogP contribution is 2.28. The largest absolute Gasteiger partial charge is 0.489 e. The molecule has 0 fully saturated rings. The number of carbonyl (C=O) groups excluding carboxylic acids is 2. The molecule has 0 saturated carbocycles. The van der Waals surface area contributed by atoms with E-state index >= 15 is 0 Å². The Hall–Kier alpha value is -5.43. The van der Waals surface area contributed by atoms with Gasteiger partial charge in [0.05, 0.1) is 9.82 Å². The minimum atomic E-state index is -4.59. The third-order valence-corrected chi connectivity index (χ3v) is 8.48. The first-order valence-electron chi connectivity index (χ1n) is 15.7. The smallest absolute Gasteiger partial charge is 0.408 e. The van der Waals surface area contributed by atoms with Gasteiger partial charge in [0, 0.05) is 19.0 Å². The van der Waals surface area contributed by atoms with Gasteiger partial charge in [-0.1, -0.05) is 72.8 Å². The van der Waals surface area contributed by atoms with Crippen molar-refractivity contribution < 1.29 is 32.4 Å². The minimum absolute atomic E-state index is 0.0917. The number of aryl methyl sites for hydroxylation is 1. The van der Waals surface area contributed by atoms with Crippen LogP contribution >= 0.6 is 0 Å². The molecule has 4 aromatic carbocycles. The summed E-state index contributed by atoms with van der Waals surface area (Å²) in [5.41, 5.74) is 1.50. The van der Waals surface area contributed by atoms with Crippen LogP contribution in [0.25, 0.3) is 0 Å². The van der Waals surface area contributed by atoms with Gasteiger partial charge in [-0.15, -0.1) is 0 Å². The normalized spacial score (nSPS) is 12.0. The molecule has 1 unspecified atom stereocenters. The molecule has 3 N–H and O–H groups in total. The third kappa shape index (κ3) is 11.6. The number of anilines is 1. The van der Waals surface area contributed by atoms with Gasteiger partial charge >= 0.3 is 6.09 Å². The van der Waals surface area contributed by atoms with E-state index in [0.717, 1.165) is 23.6 Å². The summed E-state index contributed by atoms with van der Waals surface area (Å²) in [4.78, 5) is 36.8. The molecule has 258 valence electrons. The van der Waals surface area contributed by atoms with E-state index in [0.29, 0.717) is 30.9 Å². The standard InChI is InChI=1S/C36H40N4O8S/c1-36(2,3)48-35(42)38-32(23-27-16-18-29(19-17-27)47-25-28-13-8-5-9-14-28)34(41)39-49(45,46)30-20-21-31(33(24-30)40(43)44)37-22-10-15-26-11-6-4-7-12-26/h4-9,11-14,16-21,24,32,37H,10,15,22-23,25H2,1-3H3,(H,38,42)(H,39,41). The van der Waals surface area contributed by atoms with Crippen LogP contribution in [-0.4, -0.2) is 43.5 Å². The Morgan fingerprint density at radius 1 is 0.857 bits per heavy atom. The number of nitro groups is 1. The van der Waals surface area contributed by atoms with E-state index in [1.54, 1.807) is 45.0 Å². The van der Waals surface area contributed by atoms with Gasteiger partial charge in [-0.25, -0.2) is 17.9 Å². The number of sulfonamides is 1. The van der Waals surface area contributed by atoms with Crippen LogP contribution in [-0.2, 0) is 39.0 Å². The lowest BCUT2D eigenvalue weighted by Gasteiger charge is -2.23.